The topological polar surface area (TPSA) is 87.7 Å². The fourth-order valence-electron chi connectivity index (χ4n) is 1.42. The lowest BCUT2D eigenvalue weighted by Crippen LogP contribution is -2.25. The molecule has 0 fully saturated rings. The molecule has 0 spiro atoms. The largest absolute Gasteiger partial charge is 0.263 e. The summed E-state index contributed by atoms with van der Waals surface area (Å²) in [5, 5.41) is 6.38. The number of thiophene rings is 1. The second kappa shape index (κ2) is 5.59. The summed E-state index contributed by atoms with van der Waals surface area (Å²) in [7, 11) is -3.40. The van der Waals surface area contributed by atoms with Gasteiger partial charge < -0.3 is 0 Å². The van der Waals surface area contributed by atoms with E-state index in [9.17, 15) is 8.42 Å². The zero-order valence-corrected chi connectivity index (χ0v) is 11.5. The first-order chi connectivity index (χ1) is 8.62. The molecule has 2 N–H and O–H groups in total. The third-order valence-electron chi connectivity index (χ3n) is 2.37. The molecule has 2 aromatic heterocycles. The first-order valence-corrected chi connectivity index (χ1v) is 7.84. The number of hydrogen-bond donors (Lipinski definition) is 2. The van der Waals surface area contributed by atoms with Crippen LogP contribution in [0.5, 0.6) is 0 Å². The average molecular weight is 286 g/mol. The van der Waals surface area contributed by atoms with Crippen molar-refractivity contribution >= 4 is 21.4 Å². The molecule has 8 heteroatoms. The molecule has 0 amide bonds. The first-order valence-electron chi connectivity index (χ1n) is 5.54. The number of hydrogen-bond acceptors (Lipinski definition) is 5. The molecule has 0 radical (unpaired) electrons. The van der Waals surface area contributed by atoms with Crippen LogP contribution in [-0.2, 0) is 22.9 Å². The number of sulfonamides is 1. The SMILES string of the molecule is CCc1ccc(S(=O)(=O)NCCc2ncn[nH]2)s1. The maximum absolute atomic E-state index is 11.9. The molecule has 6 nitrogen and oxygen atoms in total. The Balaban J connectivity index is 1.95. The Hall–Kier alpha value is -1.25. The summed E-state index contributed by atoms with van der Waals surface area (Å²) >= 11 is 1.30. The van der Waals surface area contributed by atoms with Crippen molar-refractivity contribution in [2.75, 3.05) is 6.54 Å². The van der Waals surface area contributed by atoms with Crippen LogP contribution in [0.1, 0.15) is 17.6 Å². The second-order valence-electron chi connectivity index (χ2n) is 3.65. The van der Waals surface area contributed by atoms with Gasteiger partial charge in [0.25, 0.3) is 0 Å². The van der Waals surface area contributed by atoms with Gasteiger partial charge in [-0.1, -0.05) is 6.92 Å². The van der Waals surface area contributed by atoms with E-state index in [0.29, 0.717) is 23.0 Å². The molecular weight excluding hydrogens is 272 g/mol. The van der Waals surface area contributed by atoms with Crippen LogP contribution >= 0.6 is 11.3 Å². The Morgan fingerprint density at radius 3 is 2.89 bits per heavy atom. The van der Waals surface area contributed by atoms with E-state index in [0.717, 1.165) is 11.3 Å². The first kappa shape index (κ1) is 13.2. The van der Waals surface area contributed by atoms with Crippen LogP contribution in [0.3, 0.4) is 0 Å². The van der Waals surface area contributed by atoms with E-state index in [-0.39, 0.29) is 0 Å². The van der Waals surface area contributed by atoms with E-state index in [1.54, 1.807) is 6.07 Å². The summed E-state index contributed by atoms with van der Waals surface area (Å²) in [5.41, 5.74) is 0. The molecule has 2 heterocycles. The predicted molar refractivity (Wildman–Crippen MR) is 69.0 cm³/mol. The number of nitrogens with one attached hydrogen (secondary N) is 2. The van der Waals surface area contributed by atoms with Crippen molar-refractivity contribution < 1.29 is 8.42 Å². The van der Waals surface area contributed by atoms with Crippen LogP contribution in [0, 0.1) is 0 Å². The maximum atomic E-state index is 11.9. The Kier molecular flexibility index (Phi) is 4.10. The molecule has 0 saturated carbocycles. The van der Waals surface area contributed by atoms with Crippen molar-refractivity contribution in [2.45, 2.75) is 24.0 Å². The molecular formula is C10H14N4O2S2. The van der Waals surface area contributed by atoms with Crippen molar-refractivity contribution in [1.82, 2.24) is 19.9 Å². The molecule has 0 saturated heterocycles. The number of H-pyrrole nitrogens is 1. The van der Waals surface area contributed by atoms with Gasteiger partial charge in [-0.25, -0.2) is 18.1 Å². The quantitative estimate of drug-likeness (QED) is 0.827. The van der Waals surface area contributed by atoms with Crippen molar-refractivity contribution in [3.63, 3.8) is 0 Å². The number of nitrogens with zero attached hydrogens (tertiary/aromatic N) is 2. The lowest BCUT2D eigenvalue weighted by atomic mass is 10.4. The summed E-state index contributed by atoms with van der Waals surface area (Å²) in [6.07, 6.45) is 2.74. The van der Waals surface area contributed by atoms with Gasteiger partial charge in [-0.2, -0.15) is 5.10 Å². The zero-order valence-electron chi connectivity index (χ0n) is 9.88. The molecule has 2 aromatic rings. The average Bonchev–Trinajstić information content (AvgIpc) is 2.99. The van der Waals surface area contributed by atoms with Crippen molar-refractivity contribution in [1.29, 1.82) is 0 Å². The number of aryl methyl sites for hydroxylation is 1. The predicted octanol–water partition coefficient (Wildman–Crippen LogP) is 0.950. The number of aromatic nitrogens is 3. The van der Waals surface area contributed by atoms with Gasteiger partial charge in [0.05, 0.1) is 0 Å². The smallest absolute Gasteiger partial charge is 0.250 e. The lowest BCUT2D eigenvalue weighted by molar-refractivity contribution is 0.583. The van der Waals surface area contributed by atoms with E-state index in [2.05, 4.69) is 19.9 Å². The van der Waals surface area contributed by atoms with Gasteiger partial charge in [0.15, 0.2) is 0 Å². The minimum atomic E-state index is -3.40. The monoisotopic (exact) mass is 286 g/mol. The summed E-state index contributed by atoms with van der Waals surface area (Å²) in [6.45, 7) is 2.30. The summed E-state index contributed by atoms with van der Waals surface area (Å²) in [4.78, 5) is 4.99. The Labute approximate surface area is 110 Å². The van der Waals surface area contributed by atoms with Crippen LogP contribution in [0.15, 0.2) is 22.7 Å². The van der Waals surface area contributed by atoms with Gasteiger partial charge in [-0.05, 0) is 18.6 Å². The van der Waals surface area contributed by atoms with Crippen molar-refractivity contribution in [3.05, 3.63) is 29.2 Å². The van der Waals surface area contributed by atoms with Gasteiger partial charge in [0, 0.05) is 17.8 Å². The molecule has 0 aromatic carbocycles. The molecule has 0 unspecified atom stereocenters. The molecule has 0 aliphatic heterocycles. The van der Waals surface area contributed by atoms with Crippen LogP contribution in [-0.4, -0.2) is 30.1 Å². The van der Waals surface area contributed by atoms with E-state index in [1.807, 2.05) is 13.0 Å². The van der Waals surface area contributed by atoms with E-state index < -0.39 is 10.0 Å². The second-order valence-corrected chi connectivity index (χ2v) is 6.82. The number of aromatic amines is 1. The third kappa shape index (κ3) is 3.15. The standard InChI is InChI=1S/C10H14N4O2S2/c1-2-8-3-4-10(17-8)18(15,16)13-6-5-9-11-7-12-14-9/h3-4,7,13H,2,5-6H2,1H3,(H,11,12,14). The van der Waals surface area contributed by atoms with Crippen LogP contribution < -0.4 is 4.72 Å². The van der Waals surface area contributed by atoms with E-state index in [4.69, 9.17) is 0 Å². The lowest BCUT2D eigenvalue weighted by Gasteiger charge is -2.02. The summed E-state index contributed by atoms with van der Waals surface area (Å²) in [6, 6.07) is 3.48. The molecule has 18 heavy (non-hydrogen) atoms. The fourth-order valence-corrected chi connectivity index (χ4v) is 3.79. The maximum Gasteiger partial charge on any atom is 0.250 e. The minimum absolute atomic E-state index is 0.302. The molecule has 0 aliphatic rings. The van der Waals surface area contributed by atoms with Crippen LogP contribution in [0.25, 0.3) is 0 Å². The van der Waals surface area contributed by atoms with E-state index >= 15 is 0 Å². The zero-order chi connectivity index (χ0) is 13.0. The summed E-state index contributed by atoms with van der Waals surface area (Å²) < 4.78 is 26.8. The molecule has 0 aliphatic carbocycles. The van der Waals surface area contributed by atoms with Crippen molar-refractivity contribution in [3.8, 4) is 0 Å². The normalized spacial score (nSPS) is 11.8. The Morgan fingerprint density at radius 2 is 2.28 bits per heavy atom. The highest BCUT2D eigenvalue weighted by Gasteiger charge is 2.15. The molecule has 0 bridgehead atoms. The Bertz CT molecular complexity index is 589. The highest BCUT2D eigenvalue weighted by molar-refractivity contribution is 7.91. The van der Waals surface area contributed by atoms with Gasteiger partial charge in [0.2, 0.25) is 10.0 Å². The van der Waals surface area contributed by atoms with Crippen LogP contribution in [0.2, 0.25) is 0 Å². The fraction of sp³-hybridized carbons (Fsp3) is 0.400. The third-order valence-corrected chi connectivity index (χ3v) is 5.55. The highest BCUT2D eigenvalue weighted by Crippen LogP contribution is 2.21. The molecule has 2 rings (SSSR count). The van der Waals surface area contributed by atoms with Gasteiger partial charge >= 0.3 is 0 Å². The molecule has 0 atom stereocenters. The summed E-state index contributed by atoms with van der Waals surface area (Å²) in [5.74, 6) is 0.665. The van der Waals surface area contributed by atoms with E-state index in [1.165, 1.54) is 17.7 Å². The van der Waals surface area contributed by atoms with Gasteiger partial charge in [-0.3, -0.25) is 5.10 Å². The van der Waals surface area contributed by atoms with Crippen LogP contribution in [0.4, 0.5) is 0 Å². The Morgan fingerprint density at radius 1 is 1.44 bits per heavy atom. The number of rotatable bonds is 6. The van der Waals surface area contributed by atoms with Gasteiger partial charge in [-0.15, -0.1) is 11.3 Å². The molecule has 98 valence electrons. The minimum Gasteiger partial charge on any atom is -0.263 e. The van der Waals surface area contributed by atoms with Gasteiger partial charge in [0.1, 0.15) is 16.4 Å². The van der Waals surface area contributed by atoms with Crippen molar-refractivity contribution in [2.24, 2.45) is 0 Å². The highest BCUT2D eigenvalue weighted by atomic mass is 32.2.